The van der Waals surface area contributed by atoms with Gasteiger partial charge in [-0.15, -0.1) is 0 Å². The molecule has 0 heterocycles. The third-order valence-corrected chi connectivity index (χ3v) is 4.02. The summed E-state index contributed by atoms with van der Waals surface area (Å²) in [5.74, 6) is 0.528. The molecule has 6 nitrogen and oxygen atoms in total. The predicted molar refractivity (Wildman–Crippen MR) is 108 cm³/mol. The number of anilines is 2. The first-order chi connectivity index (χ1) is 12.9. The Morgan fingerprint density at radius 2 is 1.78 bits per heavy atom. The Kier molecular flexibility index (Phi) is 7.23. The van der Waals surface area contributed by atoms with Crippen molar-refractivity contribution in [1.82, 2.24) is 4.90 Å². The highest BCUT2D eigenvalue weighted by Crippen LogP contribution is 2.19. The lowest BCUT2D eigenvalue weighted by Crippen LogP contribution is -2.23. The molecule has 0 aromatic heterocycles. The molecule has 0 aliphatic heterocycles. The van der Waals surface area contributed by atoms with Gasteiger partial charge in [-0.3, -0.25) is 9.59 Å². The van der Waals surface area contributed by atoms with Crippen LogP contribution in [0.4, 0.5) is 11.4 Å². The van der Waals surface area contributed by atoms with Gasteiger partial charge in [-0.2, -0.15) is 0 Å². The van der Waals surface area contributed by atoms with Gasteiger partial charge in [0, 0.05) is 37.1 Å². The minimum absolute atomic E-state index is 0.0750. The summed E-state index contributed by atoms with van der Waals surface area (Å²) in [4.78, 5) is 25.5. The zero-order chi connectivity index (χ0) is 19.8. The number of hydrogen-bond acceptors (Lipinski definition) is 4. The number of carbonyl (C=O) groups is 2. The Balaban J connectivity index is 1.87. The predicted octanol–water partition coefficient (Wildman–Crippen LogP) is 3.62. The third kappa shape index (κ3) is 6.33. The standard InChI is InChI=1S/C21H27N3O3/c1-5-15(2)27-19-8-6-7-18(13-19)22-14-20(25)23-17-11-9-16(10-12-17)21(26)24(3)4/h6-13,15,22H,5,14H2,1-4H3,(H,23,25). The van der Waals surface area contributed by atoms with E-state index in [1.807, 2.05) is 31.2 Å². The number of ether oxygens (including phenoxy) is 1. The monoisotopic (exact) mass is 369 g/mol. The van der Waals surface area contributed by atoms with Gasteiger partial charge in [0.05, 0.1) is 12.6 Å². The van der Waals surface area contributed by atoms with Gasteiger partial charge in [0.15, 0.2) is 0 Å². The summed E-state index contributed by atoms with van der Waals surface area (Å²) in [6.07, 6.45) is 1.07. The average molecular weight is 369 g/mol. The highest BCUT2D eigenvalue weighted by atomic mass is 16.5. The minimum atomic E-state index is -0.171. The second-order valence-electron chi connectivity index (χ2n) is 6.54. The number of rotatable bonds is 8. The second-order valence-corrected chi connectivity index (χ2v) is 6.54. The SMILES string of the molecule is CCC(C)Oc1cccc(NCC(=O)Nc2ccc(C(=O)N(C)C)cc2)c1. The van der Waals surface area contributed by atoms with Crippen LogP contribution in [0.3, 0.4) is 0 Å². The fourth-order valence-corrected chi connectivity index (χ4v) is 2.34. The molecule has 1 unspecified atom stereocenters. The third-order valence-electron chi connectivity index (χ3n) is 4.02. The number of nitrogens with zero attached hydrogens (tertiary/aromatic N) is 1. The lowest BCUT2D eigenvalue weighted by Gasteiger charge is -2.14. The van der Waals surface area contributed by atoms with Gasteiger partial charge >= 0.3 is 0 Å². The van der Waals surface area contributed by atoms with Crippen molar-refractivity contribution in [3.8, 4) is 5.75 Å². The van der Waals surface area contributed by atoms with Gasteiger partial charge < -0.3 is 20.3 Å². The van der Waals surface area contributed by atoms with Crippen molar-refractivity contribution in [2.75, 3.05) is 31.3 Å². The molecular weight excluding hydrogens is 342 g/mol. The van der Waals surface area contributed by atoms with E-state index in [1.165, 1.54) is 4.90 Å². The molecule has 6 heteroatoms. The molecule has 27 heavy (non-hydrogen) atoms. The summed E-state index contributed by atoms with van der Waals surface area (Å²) in [6.45, 7) is 4.22. The average Bonchev–Trinajstić information content (AvgIpc) is 2.66. The molecular formula is C21H27N3O3. The maximum Gasteiger partial charge on any atom is 0.253 e. The van der Waals surface area contributed by atoms with E-state index in [0.29, 0.717) is 11.3 Å². The summed E-state index contributed by atoms with van der Waals surface area (Å²) < 4.78 is 5.78. The Morgan fingerprint density at radius 1 is 1.07 bits per heavy atom. The highest BCUT2D eigenvalue weighted by molar-refractivity contribution is 5.96. The molecule has 2 N–H and O–H groups in total. The summed E-state index contributed by atoms with van der Waals surface area (Å²) in [6, 6.07) is 14.4. The summed E-state index contributed by atoms with van der Waals surface area (Å²) in [5, 5.41) is 5.89. The van der Waals surface area contributed by atoms with Crippen molar-refractivity contribution in [3.63, 3.8) is 0 Å². The van der Waals surface area contributed by atoms with Crippen LogP contribution in [0.1, 0.15) is 30.6 Å². The van der Waals surface area contributed by atoms with Crippen LogP contribution in [0.5, 0.6) is 5.75 Å². The smallest absolute Gasteiger partial charge is 0.253 e. The summed E-state index contributed by atoms with van der Waals surface area (Å²) in [5.41, 5.74) is 2.04. The maximum atomic E-state index is 12.1. The van der Waals surface area contributed by atoms with Crippen LogP contribution < -0.4 is 15.4 Å². The topological polar surface area (TPSA) is 70.7 Å². The molecule has 144 valence electrons. The van der Waals surface area contributed by atoms with E-state index in [0.717, 1.165) is 17.9 Å². The fourth-order valence-electron chi connectivity index (χ4n) is 2.34. The first-order valence-electron chi connectivity index (χ1n) is 9.01. The number of benzene rings is 2. The Labute approximate surface area is 160 Å². The molecule has 0 saturated heterocycles. The van der Waals surface area contributed by atoms with Crippen LogP contribution >= 0.6 is 0 Å². The molecule has 0 aliphatic carbocycles. The lowest BCUT2D eigenvalue weighted by atomic mass is 10.2. The van der Waals surface area contributed by atoms with Crippen molar-refractivity contribution in [3.05, 3.63) is 54.1 Å². The van der Waals surface area contributed by atoms with Crippen LogP contribution in [0.2, 0.25) is 0 Å². The van der Waals surface area contributed by atoms with E-state index in [9.17, 15) is 9.59 Å². The Morgan fingerprint density at radius 3 is 2.41 bits per heavy atom. The van der Waals surface area contributed by atoms with Crippen molar-refractivity contribution >= 4 is 23.2 Å². The zero-order valence-electron chi connectivity index (χ0n) is 16.3. The number of hydrogen-bond donors (Lipinski definition) is 2. The van der Waals surface area contributed by atoms with E-state index in [2.05, 4.69) is 17.6 Å². The molecule has 2 amide bonds. The van der Waals surface area contributed by atoms with Crippen LogP contribution in [0, 0.1) is 0 Å². The molecule has 0 radical (unpaired) electrons. The van der Waals surface area contributed by atoms with E-state index in [-0.39, 0.29) is 24.5 Å². The molecule has 2 rings (SSSR count). The number of nitrogens with one attached hydrogen (secondary N) is 2. The second kappa shape index (κ2) is 9.62. The van der Waals surface area contributed by atoms with Gasteiger partial charge in [-0.25, -0.2) is 0 Å². The quantitative estimate of drug-likeness (QED) is 0.746. The van der Waals surface area contributed by atoms with Crippen LogP contribution in [0.15, 0.2) is 48.5 Å². The molecule has 0 aliphatic rings. The van der Waals surface area contributed by atoms with Crippen LogP contribution in [-0.4, -0.2) is 43.5 Å². The van der Waals surface area contributed by atoms with E-state index < -0.39 is 0 Å². The van der Waals surface area contributed by atoms with Gasteiger partial charge in [-0.1, -0.05) is 13.0 Å². The highest BCUT2D eigenvalue weighted by Gasteiger charge is 2.08. The fraction of sp³-hybridized carbons (Fsp3) is 0.333. The summed E-state index contributed by atoms with van der Waals surface area (Å²) >= 11 is 0. The van der Waals surface area contributed by atoms with Crippen molar-refractivity contribution < 1.29 is 14.3 Å². The van der Waals surface area contributed by atoms with Crippen molar-refractivity contribution in [1.29, 1.82) is 0 Å². The van der Waals surface area contributed by atoms with Gasteiger partial charge in [0.1, 0.15) is 5.75 Å². The Bertz CT molecular complexity index is 772. The molecule has 0 bridgehead atoms. The normalized spacial score (nSPS) is 11.4. The van der Waals surface area contributed by atoms with Crippen LogP contribution in [-0.2, 0) is 4.79 Å². The van der Waals surface area contributed by atoms with Crippen LogP contribution in [0.25, 0.3) is 0 Å². The molecule has 1 atom stereocenters. The van der Waals surface area contributed by atoms with Crippen molar-refractivity contribution in [2.24, 2.45) is 0 Å². The number of amides is 2. The molecule has 2 aromatic rings. The minimum Gasteiger partial charge on any atom is -0.491 e. The Hall–Kier alpha value is -3.02. The molecule has 2 aromatic carbocycles. The first kappa shape index (κ1) is 20.3. The molecule has 0 fully saturated rings. The zero-order valence-corrected chi connectivity index (χ0v) is 16.3. The van der Waals surface area contributed by atoms with E-state index >= 15 is 0 Å². The van der Waals surface area contributed by atoms with Crippen molar-refractivity contribution in [2.45, 2.75) is 26.4 Å². The van der Waals surface area contributed by atoms with E-state index in [1.54, 1.807) is 38.4 Å². The van der Waals surface area contributed by atoms with Gasteiger partial charge in [0.25, 0.3) is 5.91 Å². The van der Waals surface area contributed by atoms with Gasteiger partial charge in [0.2, 0.25) is 5.91 Å². The van der Waals surface area contributed by atoms with E-state index in [4.69, 9.17) is 4.74 Å². The molecule has 0 saturated carbocycles. The maximum absolute atomic E-state index is 12.1. The number of carbonyl (C=O) groups excluding carboxylic acids is 2. The lowest BCUT2D eigenvalue weighted by molar-refractivity contribution is -0.114. The first-order valence-corrected chi connectivity index (χ1v) is 9.01. The molecule has 0 spiro atoms. The largest absolute Gasteiger partial charge is 0.491 e. The summed E-state index contributed by atoms with van der Waals surface area (Å²) in [7, 11) is 3.40. The van der Waals surface area contributed by atoms with Gasteiger partial charge in [-0.05, 0) is 49.7 Å².